The van der Waals surface area contributed by atoms with Crippen LogP contribution in [0, 0.1) is 5.92 Å². The predicted octanol–water partition coefficient (Wildman–Crippen LogP) is 2.88. The van der Waals surface area contributed by atoms with Crippen molar-refractivity contribution in [2.24, 2.45) is 5.92 Å². The summed E-state index contributed by atoms with van der Waals surface area (Å²) >= 11 is 5.97. The molecule has 9 heteroatoms. The summed E-state index contributed by atoms with van der Waals surface area (Å²) in [5.74, 6) is -1.39. The Morgan fingerprint density at radius 3 is 2.63 bits per heavy atom. The van der Waals surface area contributed by atoms with Gasteiger partial charge in [0.05, 0.1) is 6.54 Å². The van der Waals surface area contributed by atoms with Crippen LogP contribution >= 0.6 is 11.6 Å². The summed E-state index contributed by atoms with van der Waals surface area (Å²) in [5.41, 5.74) is -0.745. The molecule has 2 N–H and O–H groups in total. The van der Waals surface area contributed by atoms with Crippen LogP contribution in [-0.4, -0.2) is 48.5 Å². The summed E-state index contributed by atoms with van der Waals surface area (Å²) in [5, 5.41) is 10.4. The highest BCUT2D eigenvalue weighted by atomic mass is 35.5. The Bertz CT molecular complexity index is 1050. The van der Waals surface area contributed by atoms with Gasteiger partial charge in [0.1, 0.15) is 17.4 Å². The van der Waals surface area contributed by atoms with Crippen LogP contribution in [-0.2, 0) is 15.0 Å². The maximum Gasteiger partial charge on any atom is 0.325 e. The third-order valence-electron chi connectivity index (χ3n) is 5.96. The molecule has 1 saturated heterocycles. The van der Waals surface area contributed by atoms with Crippen molar-refractivity contribution in [2.45, 2.75) is 30.9 Å². The first-order valence-corrected chi connectivity index (χ1v) is 11.6. The largest absolute Gasteiger partial charge is 0.489 e. The van der Waals surface area contributed by atoms with Crippen molar-refractivity contribution < 1.29 is 23.1 Å². The van der Waals surface area contributed by atoms with Crippen LogP contribution in [0.4, 0.5) is 0 Å². The van der Waals surface area contributed by atoms with Gasteiger partial charge in [-0.2, -0.15) is 17.4 Å². The lowest BCUT2D eigenvalue weighted by Crippen LogP contribution is -2.51. The topological polar surface area (TPSA) is 95.9 Å². The van der Waals surface area contributed by atoms with Gasteiger partial charge in [-0.1, -0.05) is 54.9 Å². The van der Waals surface area contributed by atoms with Crippen LogP contribution in [0.1, 0.15) is 24.8 Å². The lowest BCUT2D eigenvalue weighted by atomic mass is 10.1. The molecule has 4 rings (SSSR count). The summed E-state index contributed by atoms with van der Waals surface area (Å²) in [6, 6.07) is 16.1. The van der Waals surface area contributed by atoms with Gasteiger partial charge in [-0.3, -0.25) is 4.79 Å². The Kier molecular flexibility index (Phi) is 5.52. The average Bonchev–Trinajstić information content (AvgIpc) is 3.04. The zero-order valence-electron chi connectivity index (χ0n) is 16.4. The number of rotatable bonds is 7. The lowest BCUT2D eigenvalue weighted by Gasteiger charge is -2.22. The number of hydrogen-bond donors (Lipinski definition) is 2. The normalized spacial score (nSPS) is 28.9. The number of hydrogen-bond acceptors (Lipinski definition) is 4. The first-order valence-electron chi connectivity index (χ1n) is 9.73. The number of carbonyl (C=O) groups is 1. The second-order valence-corrected chi connectivity index (χ2v) is 9.91. The molecular weight excluding hydrogens is 428 g/mol. The quantitative estimate of drug-likeness (QED) is 0.676. The van der Waals surface area contributed by atoms with Crippen molar-refractivity contribution >= 4 is 27.8 Å². The number of halogens is 1. The molecule has 0 spiro atoms. The minimum atomic E-state index is -4.01. The van der Waals surface area contributed by atoms with Crippen LogP contribution in [0.15, 0.2) is 54.6 Å². The molecule has 2 aromatic carbocycles. The van der Waals surface area contributed by atoms with Crippen LogP contribution < -0.4 is 9.46 Å². The van der Waals surface area contributed by atoms with E-state index in [2.05, 4.69) is 4.72 Å². The molecule has 2 aromatic rings. The smallest absolute Gasteiger partial charge is 0.325 e. The van der Waals surface area contributed by atoms with E-state index in [9.17, 15) is 18.3 Å². The summed E-state index contributed by atoms with van der Waals surface area (Å²) in [7, 11) is -4.01. The van der Waals surface area contributed by atoms with E-state index >= 15 is 0 Å². The Balaban J connectivity index is 1.48. The standard InChI is InChI=1S/C21H23ClN2O5S/c1-14-19(15-6-3-2-4-7-15)21(14,20(25)26)23-30(27,28)24-11-10-18(13-24)29-17-9-5-8-16(22)12-17/h2-9,12,14,18-19,23H,10-11,13H2,1H3,(H,25,26)/t14-,18?,19-,21+/m1/s1. The van der Waals surface area contributed by atoms with Crippen LogP contribution in [0.5, 0.6) is 5.75 Å². The van der Waals surface area contributed by atoms with Gasteiger partial charge < -0.3 is 9.84 Å². The van der Waals surface area contributed by atoms with Crippen molar-refractivity contribution in [3.8, 4) is 5.75 Å². The van der Waals surface area contributed by atoms with E-state index in [-0.39, 0.29) is 25.1 Å². The van der Waals surface area contributed by atoms with Crippen molar-refractivity contribution in [2.75, 3.05) is 13.1 Å². The summed E-state index contributed by atoms with van der Waals surface area (Å²) < 4.78 is 35.7. The number of nitrogens with zero attached hydrogens (tertiary/aromatic N) is 1. The zero-order valence-corrected chi connectivity index (χ0v) is 17.9. The molecule has 1 heterocycles. The number of ether oxygens (including phenoxy) is 1. The first-order chi connectivity index (χ1) is 14.2. The van der Waals surface area contributed by atoms with Gasteiger partial charge in [-0.15, -0.1) is 0 Å². The minimum Gasteiger partial charge on any atom is -0.489 e. The van der Waals surface area contributed by atoms with Gasteiger partial charge in [0.2, 0.25) is 0 Å². The molecule has 4 atom stereocenters. The molecule has 7 nitrogen and oxygen atoms in total. The fourth-order valence-electron chi connectivity index (χ4n) is 4.32. The summed E-state index contributed by atoms with van der Waals surface area (Å²) in [6.45, 7) is 2.14. The number of nitrogens with one attached hydrogen (secondary N) is 1. The van der Waals surface area contributed by atoms with Gasteiger partial charge >= 0.3 is 5.97 Å². The molecule has 1 aliphatic carbocycles. The third-order valence-corrected chi connectivity index (χ3v) is 7.80. The summed E-state index contributed by atoms with van der Waals surface area (Å²) in [4.78, 5) is 12.1. The highest BCUT2D eigenvalue weighted by molar-refractivity contribution is 7.87. The molecule has 1 unspecified atom stereocenters. The molecule has 1 aliphatic heterocycles. The van der Waals surface area contributed by atoms with Crippen LogP contribution in [0.25, 0.3) is 0 Å². The third kappa shape index (κ3) is 3.80. The maximum absolute atomic E-state index is 13.0. The SMILES string of the molecule is C[C@@H]1[C@H](c2ccccc2)[C@]1(NS(=O)(=O)N1CCC(Oc2cccc(Cl)c2)C1)C(=O)O. The van der Waals surface area contributed by atoms with E-state index in [0.717, 1.165) is 5.56 Å². The van der Waals surface area contributed by atoms with Crippen molar-refractivity contribution in [1.29, 1.82) is 0 Å². The van der Waals surface area contributed by atoms with Crippen molar-refractivity contribution in [1.82, 2.24) is 9.03 Å². The molecule has 2 fully saturated rings. The van der Waals surface area contributed by atoms with Crippen LogP contribution in [0.3, 0.4) is 0 Å². The second-order valence-electron chi connectivity index (χ2n) is 7.80. The molecule has 2 aliphatic rings. The van der Waals surface area contributed by atoms with Gasteiger partial charge in [-0.25, -0.2) is 0 Å². The molecule has 0 radical (unpaired) electrons. The number of carboxylic acids is 1. The molecule has 0 bridgehead atoms. The molecule has 30 heavy (non-hydrogen) atoms. The molecule has 1 saturated carbocycles. The number of aliphatic carboxylic acids is 1. The molecule has 0 aromatic heterocycles. The van der Waals surface area contributed by atoms with E-state index in [4.69, 9.17) is 16.3 Å². The Labute approximate surface area is 180 Å². The Morgan fingerprint density at radius 2 is 1.97 bits per heavy atom. The van der Waals surface area contributed by atoms with E-state index in [0.29, 0.717) is 17.2 Å². The number of benzene rings is 2. The first kappa shape index (κ1) is 21.1. The number of carboxylic acid groups (broad SMARTS) is 1. The van der Waals surface area contributed by atoms with Gasteiger partial charge in [0, 0.05) is 17.5 Å². The predicted molar refractivity (Wildman–Crippen MR) is 113 cm³/mol. The highest BCUT2D eigenvalue weighted by Crippen LogP contribution is 2.58. The fourth-order valence-corrected chi connectivity index (χ4v) is 6.17. The van der Waals surface area contributed by atoms with E-state index in [1.165, 1.54) is 4.31 Å². The lowest BCUT2D eigenvalue weighted by molar-refractivity contribution is -0.140. The summed E-state index contributed by atoms with van der Waals surface area (Å²) in [6.07, 6.45) is 0.174. The van der Waals surface area contributed by atoms with E-state index < -0.39 is 27.6 Å². The van der Waals surface area contributed by atoms with Gasteiger partial charge in [-0.05, 0) is 36.1 Å². The molecule has 160 valence electrons. The monoisotopic (exact) mass is 450 g/mol. The van der Waals surface area contributed by atoms with Gasteiger partial charge in [0.25, 0.3) is 10.2 Å². The average molecular weight is 451 g/mol. The van der Waals surface area contributed by atoms with E-state index in [1.807, 2.05) is 30.3 Å². The van der Waals surface area contributed by atoms with Gasteiger partial charge in [0.15, 0.2) is 0 Å². The fraction of sp³-hybridized carbons (Fsp3) is 0.381. The second kappa shape index (κ2) is 7.85. The Hall–Kier alpha value is -2.13. The molecular formula is C21H23ClN2O5S. The Morgan fingerprint density at radius 1 is 1.23 bits per heavy atom. The molecule has 0 amide bonds. The maximum atomic E-state index is 13.0. The van der Waals surface area contributed by atoms with Crippen molar-refractivity contribution in [3.63, 3.8) is 0 Å². The zero-order chi connectivity index (χ0) is 21.5. The van der Waals surface area contributed by atoms with E-state index in [1.54, 1.807) is 31.2 Å². The van der Waals surface area contributed by atoms with Crippen molar-refractivity contribution in [3.05, 3.63) is 65.2 Å². The highest BCUT2D eigenvalue weighted by Gasteiger charge is 2.70. The van der Waals surface area contributed by atoms with Crippen LogP contribution in [0.2, 0.25) is 5.02 Å². The minimum absolute atomic E-state index is 0.141.